The van der Waals surface area contributed by atoms with Crippen molar-refractivity contribution in [2.24, 2.45) is 0 Å². The molecule has 0 aliphatic carbocycles. The molecule has 1 aromatic heterocycles. The van der Waals surface area contributed by atoms with E-state index < -0.39 is 10.0 Å². The van der Waals surface area contributed by atoms with E-state index in [4.69, 9.17) is 16.3 Å². The summed E-state index contributed by atoms with van der Waals surface area (Å²) in [6.07, 6.45) is 3.19. The van der Waals surface area contributed by atoms with Crippen LogP contribution in [0.1, 0.15) is 21.8 Å². The van der Waals surface area contributed by atoms with E-state index in [1.54, 1.807) is 24.3 Å². The van der Waals surface area contributed by atoms with E-state index in [1.807, 2.05) is 30.0 Å². The van der Waals surface area contributed by atoms with Gasteiger partial charge in [-0.05, 0) is 67.8 Å². The van der Waals surface area contributed by atoms with Crippen molar-refractivity contribution in [1.29, 1.82) is 0 Å². The van der Waals surface area contributed by atoms with Gasteiger partial charge in [0.25, 0.3) is 10.0 Å². The molecule has 0 saturated carbocycles. The fraction of sp³-hybridized carbons (Fsp3) is 0.370. The number of ether oxygens (including phenoxy) is 1. The monoisotopic (exact) mass is 574 g/mol. The van der Waals surface area contributed by atoms with Gasteiger partial charge in [0.2, 0.25) is 11.8 Å². The highest BCUT2D eigenvalue weighted by atomic mass is 35.5. The number of sulfonamides is 1. The van der Waals surface area contributed by atoms with E-state index in [0.29, 0.717) is 26.2 Å². The van der Waals surface area contributed by atoms with Crippen molar-refractivity contribution in [3.63, 3.8) is 0 Å². The van der Waals surface area contributed by atoms with E-state index in [0.717, 1.165) is 35.8 Å². The predicted molar refractivity (Wildman–Crippen MR) is 155 cm³/mol. The maximum absolute atomic E-state index is 13.4. The maximum Gasteiger partial charge on any atom is 0.263 e. The zero-order valence-electron chi connectivity index (χ0n) is 21.9. The number of halogens is 1. The molecule has 2 aliphatic heterocycles. The van der Waals surface area contributed by atoms with Gasteiger partial charge >= 0.3 is 0 Å². The van der Waals surface area contributed by atoms with E-state index in [-0.39, 0.29) is 31.4 Å². The van der Waals surface area contributed by atoms with Crippen LogP contribution in [0.25, 0.3) is 0 Å². The van der Waals surface area contributed by atoms with Crippen molar-refractivity contribution in [1.82, 2.24) is 14.9 Å². The molecule has 2 aromatic carbocycles. The van der Waals surface area contributed by atoms with Crippen LogP contribution >= 0.6 is 11.6 Å². The summed E-state index contributed by atoms with van der Waals surface area (Å²) in [5.74, 6) is 0.500. The number of rotatable bonds is 7. The molecule has 2 aliphatic rings. The molecule has 1 amide bonds. The second-order valence-corrected chi connectivity index (χ2v) is 11.7. The molecular formula is C27H35ClN6O4S. The minimum Gasteiger partial charge on any atom is -0.481 e. The van der Waals surface area contributed by atoms with E-state index in [1.165, 1.54) is 25.1 Å². The average molecular weight is 575 g/mol. The molecular weight excluding hydrogens is 540 g/mol. The average Bonchev–Trinajstić information content (AvgIpc) is 2.96. The molecule has 5 rings (SSSR count). The summed E-state index contributed by atoms with van der Waals surface area (Å²) in [6, 6.07) is 13.7. The number of anilines is 3. The highest BCUT2D eigenvalue weighted by Gasteiger charge is 2.31. The van der Waals surface area contributed by atoms with Crippen molar-refractivity contribution in [3.8, 4) is 5.88 Å². The third-order valence-electron chi connectivity index (χ3n) is 7.21. The smallest absolute Gasteiger partial charge is 0.263 e. The van der Waals surface area contributed by atoms with Gasteiger partial charge < -0.3 is 19.4 Å². The SMILES string of the molecule is COc1cc(NS(=O)(=O)c2ccc(N3CCN(C(=O)[C@H](C)N4CCCc5cc(Cl)ccc54)CC3)cc2)ncn1.[HH].[HH]. The first-order valence-corrected chi connectivity index (χ1v) is 14.7. The van der Waals surface area contributed by atoms with Gasteiger partial charge in [-0.1, -0.05) is 11.6 Å². The number of methoxy groups -OCH3 is 1. The number of fused-ring (bicyclic) bond motifs is 1. The lowest BCUT2D eigenvalue weighted by Crippen LogP contribution is -2.55. The first kappa shape index (κ1) is 27.0. The molecule has 1 N–H and O–H groups in total. The van der Waals surface area contributed by atoms with Gasteiger partial charge in [-0.15, -0.1) is 0 Å². The minimum atomic E-state index is -3.83. The predicted octanol–water partition coefficient (Wildman–Crippen LogP) is 3.92. The molecule has 0 spiro atoms. The van der Waals surface area contributed by atoms with Gasteiger partial charge in [-0.2, -0.15) is 0 Å². The number of benzene rings is 2. The largest absolute Gasteiger partial charge is 0.481 e. The number of carbonyl (C=O) groups excluding carboxylic acids is 1. The molecule has 1 atom stereocenters. The van der Waals surface area contributed by atoms with Crippen LogP contribution in [0.2, 0.25) is 5.02 Å². The Balaban J connectivity index is 0.00000231. The number of nitrogens with zero attached hydrogens (tertiary/aromatic N) is 5. The van der Waals surface area contributed by atoms with Crippen molar-refractivity contribution in [2.45, 2.75) is 30.7 Å². The van der Waals surface area contributed by atoms with Gasteiger partial charge in [0.15, 0.2) is 0 Å². The zero-order chi connectivity index (χ0) is 27.6. The summed E-state index contributed by atoms with van der Waals surface area (Å²) in [5, 5.41) is 0.721. The van der Waals surface area contributed by atoms with Crippen molar-refractivity contribution >= 4 is 44.7 Å². The summed E-state index contributed by atoms with van der Waals surface area (Å²) in [7, 11) is -2.38. The van der Waals surface area contributed by atoms with Crippen LogP contribution < -0.4 is 19.3 Å². The van der Waals surface area contributed by atoms with Gasteiger partial charge in [0.1, 0.15) is 18.2 Å². The first-order valence-electron chi connectivity index (χ1n) is 12.8. The fourth-order valence-corrected chi connectivity index (χ4v) is 6.31. The molecule has 12 heteroatoms. The van der Waals surface area contributed by atoms with Crippen LogP contribution in [0.15, 0.2) is 59.8 Å². The molecule has 1 saturated heterocycles. The second-order valence-electron chi connectivity index (χ2n) is 9.60. The highest BCUT2D eigenvalue weighted by Crippen LogP contribution is 2.31. The molecule has 39 heavy (non-hydrogen) atoms. The van der Waals surface area contributed by atoms with Gasteiger partial charge in [0, 0.05) is 58.0 Å². The normalized spacial score (nSPS) is 16.4. The molecule has 0 radical (unpaired) electrons. The quantitative estimate of drug-likeness (QED) is 0.452. The summed E-state index contributed by atoms with van der Waals surface area (Å²) in [5.41, 5.74) is 3.18. The Morgan fingerprint density at radius 3 is 2.51 bits per heavy atom. The third-order valence-corrected chi connectivity index (χ3v) is 8.82. The fourth-order valence-electron chi connectivity index (χ4n) is 5.12. The lowest BCUT2D eigenvalue weighted by molar-refractivity contribution is -0.132. The molecule has 10 nitrogen and oxygen atoms in total. The Morgan fingerprint density at radius 2 is 1.79 bits per heavy atom. The Bertz CT molecular complexity index is 1460. The highest BCUT2D eigenvalue weighted by molar-refractivity contribution is 7.92. The van der Waals surface area contributed by atoms with Crippen LogP contribution in [-0.4, -0.2) is 75.1 Å². The maximum atomic E-state index is 13.4. The van der Waals surface area contributed by atoms with Crippen molar-refractivity contribution in [3.05, 3.63) is 65.4 Å². The van der Waals surface area contributed by atoms with Crippen molar-refractivity contribution in [2.75, 3.05) is 54.4 Å². The van der Waals surface area contributed by atoms with Crippen LogP contribution in [0, 0.1) is 0 Å². The summed E-state index contributed by atoms with van der Waals surface area (Å²) in [6.45, 7) is 5.34. The number of aromatic nitrogens is 2. The van der Waals surface area contributed by atoms with Gasteiger partial charge in [-0.3, -0.25) is 9.52 Å². The van der Waals surface area contributed by atoms with Gasteiger partial charge in [0.05, 0.1) is 12.0 Å². The molecule has 210 valence electrons. The van der Waals surface area contributed by atoms with E-state index in [9.17, 15) is 13.2 Å². The van der Waals surface area contributed by atoms with Crippen LogP contribution in [0.4, 0.5) is 17.2 Å². The van der Waals surface area contributed by atoms with Crippen LogP contribution in [0.5, 0.6) is 5.88 Å². The minimum absolute atomic E-state index is 0. The standard InChI is InChI=1S/C27H31ClN6O4S.2H2/c1-19(34-11-3-4-20-16-21(28)5-10-24(20)34)27(35)33-14-12-32(13-15-33)22-6-8-23(9-7-22)39(36,37)31-25-17-26(38-2)30-18-29-25;;/h5-10,16-19H,3-4,11-15H2,1-2H3,(H,29,30,31);2*1H/t19-;;/m0../s1. The number of carbonyl (C=O) groups is 1. The lowest BCUT2D eigenvalue weighted by atomic mass is 10.00. The van der Waals surface area contributed by atoms with Gasteiger partial charge in [-0.25, -0.2) is 18.4 Å². The van der Waals surface area contributed by atoms with Crippen LogP contribution in [0.3, 0.4) is 0 Å². The van der Waals surface area contributed by atoms with Crippen LogP contribution in [-0.2, 0) is 21.2 Å². The molecule has 0 unspecified atom stereocenters. The topological polar surface area (TPSA) is 108 Å². The Labute approximate surface area is 236 Å². The number of hydrogen-bond donors (Lipinski definition) is 1. The zero-order valence-corrected chi connectivity index (χ0v) is 23.5. The number of hydrogen-bond acceptors (Lipinski definition) is 8. The Morgan fingerprint density at radius 1 is 1.05 bits per heavy atom. The molecule has 3 aromatic rings. The molecule has 0 bridgehead atoms. The summed E-state index contributed by atoms with van der Waals surface area (Å²) < 4.78 is 33.1. The van der Waals surface area contributed by atoms with E-state index in [2.05, 4.69) is 24.5 Å². The number of nitrogens with one attached hydrogen (secondary N) is 1. The van der Waals surface area contributed by atoms with Crippen molar-refractivity contribution < 1.29 is 20.8 Å². The Hall–Kier alpha value is -3.57. The summed E-state index contributed by atoms with van der Waals surface area (Å²) in [4.78, 5) is 27.6. The first-order chi connectivity index (χ1) is 18.7. The van der Waals surface area contributed by atoms with E-state index >= 15 is 0 Å². The molecule has 3 heterocycles. The molecule has 1 fully saturated rings. The number of amides is 1. The second kappa shape index (κ2) is 11.3. The Kier molecular flexibility index (Phi) is 7.81. The number of aryl methyl sites for hydroxylation is 1. The third kappa shape index (κ3) is 5.89. The summed E-state index contributed by atoms with van der Waals surface area (Å²) >= 11 is 6.19. The number of piperazine rings is 1. The lowest BCUT2D eigenvalue weighted by Gasteiger charge is -2.41.